The highest BCUT2D eigenvalue weighted by Crippen LogP contribution is 2.30. The number of hydrogen-bond donors (Lipinski definition) is 1. The fourth-order valence-electron chi connectivity index (χ4n) is 3.57. The lowest BCUT2D eigenvalue weighted by Crippen LogP contribution is -2.40. The Kier molecular flexibility index (Phi) is 5.28. The van der Waals surface area contributed by atoms with Crippen LogP contribution < -0.4 is 4.74 Å². The molecule has 1 fully saturated rings. The number of piperidine rings is 1. The summed E-state index contributed by atoms with van der Waals surface area (Å²) in [6.07, 6.45) is 1.88. The van der Waals surface area contributed by atoms with Crippen LogP contribution in [-0.2, 0) is 4.79 Å². The van der Waals surface area contributed by atoms with Gasteiger partial charge in [-0.2, -0.15) is 0 Å². The number of fused-ring (bicyclic) bond motifs is 1. The number of nitrogens with one attached hydrogen (secondary N) is 1. The number of aromatic amines is 1. The Bertz CT molecular complexity index is 929. The van der Waals surface area contributed by atoms with Crippen molar-refractivity contribution in [2.45, 2.75) is 18.8 Å². The molecule has 1 amide bonds. The molecule has 0 saturated carbocycles. The summed E-state index contributed by atoms with van der Waals surface area (Å²) in [5, 5.41) is 2.21. The minimum absolute atomic E-state index is 0.0267. The van der Waals surface area contributed by atoms with Gasteiger partial charge in [-0.15, -0.1) is 0 Å². The Morgan fingerprint density at radius 3 is 2.67 bits per heavy atom. The number of aromatic nitrogens is 1. The molecule has 0 atom stereocenters. The van der Waals surface area contributed by atoms with Crippen molar-refractivity contribution in [3.8, 4) is 5.75 Å². The van der Waals surface area contributed by atoms with Crippen LogP contribution in [0.4, 0.5) is 0 Å². The third-order valence-electron chi connectivity index (χ3n) is 5.08. The average molecular weight is 403 g/mol. The van der Waals surface area contributed by atoms with Gasteiger partial charge in [-0.25, -0.2) is 0 Å². The summed E-state index contributed by atoms with van der Waals surface area (Å²) in [6, 6.07) is 15.5. The molecular formula is C21H20Cl2N2O2. The standard InChI is InChI=1S/C21H20Cl2N2O2/c22-16-5-6-17(23)20(12-16)27-13-21(26)25-9-7-14(8-10-25)19-11-15-3-1-2-4-18(15)24-19/h1-6,11-12,14,24H,7-10,13H2. The van der Waals surface area contributed by atoms with Crippen LogP contribution in [0.5, 0.6) is 5.75 Å². The summed E-state index contributed by atoms with van der Waals surface area (Å²) in [7, 11) is 0. The van der Waals surface area contributed by atoms with Crippen molar-refractivity contribution in [2.75, 3.05) is 19.7 Å². The average Bonchev–Trinajstić information content (AvgIpc) is 3.13. The maximum absolute atomic E-state index is 12.5. The van der Waals surface area contributed by atoms with Gasteiger partial charge in [-0.1, -0.05) is 41.4 Å². The number of H-pyrrole nitrogens is 1. The van der Waals surface area contributed by atoms with E-state index in [0.717, 1.165) is 31.4 Å². The van der Waals surface area contributed by atoms with Gasteiger partial charge in [-0.3, -0.25) is 4.79 Å². The molecule has 2 heterocycles. The maximum Gasteiger partial charge on any atom is 0.260 e. The number of para-hydroxylation sites is 1. The summed E-state index contributed by atoms with van der Waals surface area (Å²) in [5.41, 5.74) is 2.42. The second-order valence-corrected chi connectivity index (χ2v) is 7.67. The zero-order valence-electron chi connectivity index (χ0n) is 14.8. The molecule has 0 unspecified atom stereocenters. The van der Waals surface area contributed by atoms with Crippen molar-refractivity contribution in [3.05, 3.63) is 64.3 Å². The maximum atomic E-state index is 12.5. The summed E-state index contributed by atoms with van der Waals surface area (Å²) in [5.74, 6) is 0.858. The highest BCUT2D eigenvalue weighted by molar-refractivity contribution is 6.34. The van der Waals surface area contributed by atoms with Gasteiger partial charge in [0.1, 0.15) is 5.75 Å². The Hall–Kier alpha value is -2.17. The van der Waals surface area contributed by atoms with Gasteiger partial charge < -0.3 is 14.6 Å². The molecule has 140 valence electrons. The van der Waals surface area contributed by atoms with Crippen LogP contribution in [0.3, 0.4) is 0 Å². The number of amides is 1. The summed E-state index contributed by atoms with van der Waals surface area (Å²) in [4.78, 5) is 17.8. The third kappa shape index (κ3) is 4.07. The van der Waals surface area contributed by atoms with Crippen LogP contribution >= 0.6 is 23.2 Å². The first kappa shape index (κ1) is 18.2. The van der Waals surface area contributed by atoms with Gasteiger partial charge in [0.25, 0.3) is 5.91 Å². The Labute approximate surface area is 168 Å². The van der Waals surface area contributed by atoms with Crippen LogP contribution in [0, 0.1) is 0 Å². The predicted molar refractivity (Wildman–Crippen MR) is 109 cm³/mol. The number of likely N-dealkylation sites (tertiary alicyclic amines) is 1. The second kappa shape index (κ2) is 7.83. The summed E-state index contributed by atoms with van der Waals surface area (Å²) < 4.78 is 5.57. The van der Waals surface area contributed by atoms with Crippen molar-refractivity contribution in [1.29, 1.82) is 0 Å². The van der Waals surface area contributed by atoms with Gasteiger partial charge in [0, 0.05) is 41.3 Å². The molecule has 1 aliphatic rings. The van der Waals surface area contributed by atoms with Crippen LogP contribution in [0.25, 0.3) is 10.9 Å². The fourth-order valence-corrected chi connectivity index (χ4v) is 3.91. The van der Waals surface area contributed by atoms with E-state index in [1.165, 1.54) is 11.1 Å². The van der Waals surface area contributed by atoms with Crippen LogP contribution in [-0.4, -0.2) is 35.5 Å². The Morgan fingerprint density at radius 2 is 1.89 bits per heavy atom. The van der Waals surface area contributed by atoms with Crippen molar-refractivity contribution >= 4 is 40.0 Å². The van der Waals surface area contributed by atoms with Crippen molar-refractivity contribution < 1.29 is 9.53 Å². The molecule has 6 heteroatoms. The third-order valence-corrected chi connectivity index (χ3v) is 5.63. The number of halogens is 2. The molecular weight excluding hydrogens is 383 g/mol. The summed E-state index contributed by atoms with van der Waals surface area (Å²) >= 11 is 12.0. The molecule has 1 N–H and O–H groups in total. The van der Waals surface area contributed by atoms with E-state index in [0.29, 0.717) is 21.7 Å². The summed E-state index contributed by atoms with van der Waals surface area (Å²) in [6.45, 7) is 1.42. The minimum Gasteiger partial charge on any atom is -0.482 e. The highest BCUT2D eigenvalue weighted by Gasteiger charge is 2.25. The molecule has 0 aliphatic carbocycles. The smallest absolute Gasteiger partial charge is 0.260 e. The number of hydrogen-bond acceptors (Lipinski definition) is 2. The Balaban J connectivity index is 1.33. The number of rotatable bonds is 4. The predicted octanol–water partition coefficient (Wildman–Crippen LogP) is 5.26. The largest absolute Gasteiger partial charge is 0.482 e. The van der Waals surface area contributed by atoms with Crippen molar-refractivity contribution in [2.24, 2.45) is 0 Å². The van der Waals surface area contributed by atoms with Gasteiger partial charge >= 0.3 is 0 Å². The number of nitrogens with zero attached hydrogens (tertiary/aromatic N) is 1. The molecule has 4 rings (SSSR count). The van der Waals surface area contributed by atoms with Crippen LogP contribution in [0.2, 0.25) is 10.0 Å². The first-order chi connectivity index (χ1) is 13.1. The van der Waals surface area contributed by atoms with Crippen molar-refractivity contribution in [1.82, 2.24) is 9.88 Å². The minimum atomic E-state index is -0.0306. The van der Waals surface area contributed by atoms with E-state index in [2.05, 4.69) is 23.2 Å². The molecule has 27 heavy (non-hydrogen) atoms. The molecule has 4 nitrogen and oxygen atoms in total. The van der Waals surface area contributed by atoms with E-state index in [1.54, 1.807) is 18.2 Å². The molecule has 1 saturated heterocycles. The van der Waals surface area contributed by atoms with E-state index in [4.69, 9.17) is 27.9 Å². The molecule has 0 radical (unpaired) electrons. The molecule has 0 spiro atoms. The van der Waals surface area contributed by atoms with Crippen LogP contribution in [0.1, 0.15) is 24.5 Å². The lowest BCUT2D eigenvalue weighted by molar-refractivity contribution is -0.134. The quantitative estimate of drug-likeness (QED) is 0.646. The number of carbonyl (C=O) groups is 1. The second-order valence-electron chi connectivity index (χ2n) is 6.83. The zero-order valence-corrected chi connectivity index (χ0v) is 16.3. The molecule has 3 aromatic rings. The lowest BCUT2D eigenvalue weighted by Gasteiger charge is -2.31. The lowest BCUT2D eigenvalue weighted by atomic mass is 9.93. The van der Waals surface area contributed by atoms with Gasteiger partial charge in [0.15, 0.2) is 6.61 Å². The Morgan fingerprint density at radius 1 is 1.11 bits per heavy atom. The van der Waals surface area contributed by atoms with Gasteiger partial charge in [-0.05, 0) is 42.5 Å². The van der Waals surface area contributed by atoms with E-state index in [1.807, 2.05) is 17.0 Å². The van der Waals surface area contributed by atoms with Crippen LogP contribution in [0.15, 0.2) is 48.5 Å². The first-order valence-corrected chi connectivity index (χ1v) is 9.79. The monoisotopic (exact) mass is 402 g/mol. The molecule has 1 aliphatic heterocycles. The van der Waals surface area contributed by atoms with E-state index in [9.17, 15) is 4.79 Å². The van der Waals surface area contributed by atoms with E-state index in [-0.39, 0.29) is 12.5 Å². The van der Waals surface area contributed by atoms with E-state index < -0.39 is 0 Å². The molecule has 0 bridgehead atoms. The topological polar surface area (TPSA) is 45.3 Å². The number of ether oxygens (including phenoxy) is 1. The fraction of sp³-hybridized carbons (Fsp3) is 0.286. The number of carbonyl (C=O) groups excluding carboxylic acids is 1. The zero-order chi connectivity index (χ0) is 18.8. The first-order valence-electron chi connectivity index (χ1n) is 9.03. The van der Waals surface area contributed by atoms with Gasteiger partial charge in [0.2, 0.25) is 0 Å². The SMILES string of the molecule is O=C(COc1cc(Cl)ccc1Cl)N1CCC(c2cc3ccccc3[nH]2)CC1. The van der Waals surface area contributed by atoms with E-state index >= 15 is 0 Å². The highest BCUT2D eigenvalue weighted by atomic mass is 35.5. The number of benzene rings is 2. The molecule has 1 aromatic heterocycles. The molecule has 2 aromatic carbocycles. The normalized spacial score (nSPS) is 15.3. The van der Waals surface area contributed by atoms with Crippen molar-refractivity contribution in [3.63, 3.8) is 0 Å². The van der Waals surface area contributed by atoms with Gasteiger partial charge in [0.05, 0.1) is 5.02 Å².